The third kappa shape index (κ3) is 2.10. The zero-order valence-electron chi connectivity index (χ0n) is 9.65. The van der Waals surface area contributed by atoms with Gasteiger partial charge in [-0.15, -0.1) is 0 Å². The SMILES string of the molecule is Nc1cccc(OCc2cn3cccnc3n2)c1. The monoisotopic (exact) mass is 240 g/mol. The van der Waals surface area contributed by atoms with E-state index in [9.17, 15) is 0 Å². The molecule has 0 amide bonds. The minimum atomic E-state index is 0.396. The third-order valence-electron chi connectivity index (χ3n) is 2.53. The molecule has 0 fully saturated rings. The molecule has 2 N–H and O–H groups in total. The maximum absolute atomic E-state index is 5.68. The Morgan fingerprint density at radius 1 is 1.28 bits per heavy atom. The highest BCUT2D eigenvalue weighted by Crippen LogP contribution is 2.16. The molecule has 0 unspecified atom stereocenters. The summed E-state index contributed by atoms with van der Waals surface area (Å²) < 4.78 is 7.48. The van der Waals surface area contributed by atoms with Crippen molar-refractivity contribution in [3.63, 3.8) is 0 Å². The number of nitrogens with two attached hydrogens (primary N) is 1. The molecule has 5 heteroatoms. The van der Waals surface area contributed by atoms with Gasteiger partial charge in [-0.2, -0.15) is 0 Å². The summed E-state index contributed by atoms with van der Waals surface area (Å²) in [5.74, 6) is 1.41. The summed E-state index contributed by atoms with van der Waals surface area (Å²) in [5.41, 5.74) is 7.19. The molecule has 5 nitrogen and oxygen atoms in total. The maximum atomic E-state index is 5.68. The Morgan fingerprint density at radius 2 is 2.22 bits per heavy atom. The third-order valence-corrected chi connectivity index (χ3v) is 2.53. The van der Waals surface area contributed by atoms with Crippen LogP contribution in [0.25, 0.3) is 5.78 Å². The average Bonchev–Trinajstić information content (AvgIpc) is 2.79. The van der Waals surface area contributed by atoms with E-state index >= 15 is 0 Å². The lowest BCUT2D eigenvalue weighted by Gasteiger charge is -2.04. The molecule has 0 aliphatic rings. The minimum Gasteiger partial charge on any atom is -0.487 e. The molecule has 0 radical (unpaired) electrons. The van der Waals surface area contributed by atoms with E-state index in [2.05, 4.69) is 9.97 Å². The molecule has 2 heterocycles. The van der Waals surface area contributed by atoms with Gasteiger partial charge in [0.2, 0.25) is 5.78 Å². The van der Waals surface area contributed by atoms with Crippen LogP contribution in [0.1, 0.15) is 5.69 Å². The maximum Gasteiger partial charge on any atom is 0.234 e. The molecule has 0 spiro atoms. The van der Waals surface area contributed by atoms with E-state index in [4.69, 9.17) is 10.5 Å². The fourth-order valence-electron chi connectivity index (χ4n) is 1.71. The molecule has 90 valence electrons. The van der Waals surface area contributed by atoms with Crippen LogP contribution in [0.5, 0.6) is 5.75 Å². The number of anilines is 1. The predicted molar refractivity (Wildman–Crippen MR) is 68.2 cm³/mol. The van der Waals surface area contributed by atoms with Gasteiger partial charge in [-0.3, -0.25) is 4.40 Å². The Morgan fingerprint density at radius 3 is 3.06 bits per heavy atom. The molecular formula is C13H12N4O. The summed E-state index contributed by atoms with van der Waals surface area (Å²) in [6, 6.07) is 9.19. The number of ether oxygens (including phenoxy) is 1. The van der Waals surface area contributed by atoms with Crippen molar-refractivity contribution >= 4 is 11.5 Å². The molecule has 3 aromatic rings. The minimum absolute atomic E-state index is 0.396. The van der Waals surface area contributed by atoms with E-state index in [1.807, 2.05) is 41.1 Å². The number of benzene rings is 1. The Labute approximate surface area is 104 Å². The molecule has 1 aromatic carbocycles. The summed E-state index contributed by atoms with van der Waals surface area (Å²) in [5, 5.41) is 0. The van der Waals surface area contributed by atoms with Gasteiger partial charge in [-0.1, -0.05) is 6.07 Å². The van der Waals surface area contributed by atoms with Crippen LogP contribution in [0.4, 0.5) is 5.69 Å². The van der Waals surface area contributed by atoms with Gasteiger partial charge < -0.3 is 10.5 Å². The number of imidazole rings is 1. The van der Waals surface area contributed by atoms with Crippen LogP contribution in [0.2, 0.25) is 0 Å². The molecule has 0 saturated heterocycles. The molecule has 0 aliphatic carbocycles. The highest BCUT2D eigenvalue weighted by Gasteiger charge is 2.02. The molecule has 0 bridgehead atoms. The first-order valence-corrected chi connectivity index (χ1v) is 5.58. The van der Waals surface area contributed by atoms with Gasteiger partial charge in [-0.05, 0) is 18.2 Å². The van der Waals surface area contributed by atoms with E-state index in [1.165, 1.54) is 0 Å². The van der Waals surface area contributed by atoms with Crippen LogP contribution in [0, 0.1) is 0 Å². The van der Waals surface area contributed by atoms with Gasteiger partial charge in [0.25, 0.3) is 0 Å². The number of fused-ring (bicyclic) bond motifs is 1. The van der Waals surface area contributed by atoms with Crippen molar-refractivity contribution in [1.82, 2.24) is 14.4 Å². The summed E-state index contributed by atoms with van der Waals surface area (Å²) in [7, 11) is 0. The first kappa shape index (κ1) is 10.6. The van der Waals surface area contributed by atoms with Gasteiger partial charge >= 0.3 is 0 Å². The lowest BCUT2D eigenvalue weighted by Crippen LogP contribution is -1.96. The van der Waals surface area contributed by atoms with E-state index in [0.29, 0.717) is 18.1 Å². The highest BCUT2D eigenvalue weighted by molar-refractivity contribution is 5.43. The zero-order chi connectivity index (χ0) is 12.4. The standard InChI is InChI=1S/C13H12N4O/c14-10-3-1-4-12(7-10)18-9-11-8-17-6-2-5-15-13(17)16-11/h1-8H,9,14H2. The Kier molecular flexibility index (Phi) is 2.57. The van der Waals surface area contributed by atoms with Crippen LogP contribution in [-0.4, -0.2) is 14.4 Å². The average molecular weight is 240 g/mol. The van der Waals surface area contributed by atoms with Crippen LogP contribution in [0.15, 0.2) is 48.9 Å². The predicted octanol–water partition coefficient (Wildman–Crippen LogP) is 1.89. The number of hydrogen-bond acceptors (Lipinski definition) is 4. The van der Waals surface area contributed by atoms with Crippen molar-refractivity contribution in [2.24, 2.45) is 0 Å². The van der Waals surface area contributed by atoms with Crippen molar-refractivity contribution in [2.45, 2.75) is 6.61 Å². The highest BCUT2D eigenvalue weighted by atomic mass is 16.5. The summed E-state index contributed by atoms with van der Waals surface area (Å²) in [6.07, 6.45) is 5.51. The van der Waals surface area contributed by atoms with Crippen LogP contribution in [-0.2, 0) is 6.61 Å². The van der Waals surface area contributed by atoms with E-state index in [0.717, 1.165) is 11.4 Å². The second-order valence-electron chi connectivity index (χ2n) is 3.92. The normalized spacial score (nSPS) is 10.7. The lowest BCUT2D eigenvalue weighted by atomic mass is 10.3. The van der Waals surface area contributed by atoms with Crippen molar-refractivity contribution in [1.29, 1.82) is 0 Å². The van der Waals surface area contributed by atoms with Gasteiger partial charge in [0.1, 0.15) is 12.4 Å². The van der Waals surface area contributed by atoms with Crippen LogP contribution >= 0.6 is 0 Å². The lowest BCUT2D eigenvalue weighted by molar-refractivity contribution is 0.302. The van der Waals surface area contributed by atoms with Crippen molar-refractivity contribution < 1.29 is 4.74 Å². The van der Waals surface area contributed by atoms with E-state index in [1.54, 1.807) is 12.3 Å². The second kappa shape index (κ2) is 4.37. The topological polar surface area (TPSA) is 65.4 Å². The number of rotatable bonds is 3. The Balaban J connectivity index is 1.76. The van der Waals surface area contributed by atoms with Crippen molar-refractivity contribution in [3.05, 3.63) is 54.6 Å². The molecular weight excluding hydrogens is 228 g/mol. The van der Waals surface area contributed by atoms with E-state index in [-0.39, 0.29) is 0 Å². The molecule has 3 rings (SSSR count). The zero-order valence-corrected chi connectivity index (χ0v) is 9.65. The van der Waals surface area contributed by atoms with Crippen molar-refractivity contribution in [3.8, 4) is 5.75 Å². The quantitative estimate of drug-likeness (QED) is 0.710. The van der Waals surface area contributed by atoms with Gasteiger partial charge in [0.05, 0.1) is 5.69 Å². The number of nitrogens with zero attached hydrogens (tertiary/aromatic N) is 3. The van der Waals surface area contributed by atoms with Gasteiger partial charge in [-0.25, -0.2) is 9.97 Å². The molecule has 2 aromatic heterocycles. The molecule has 0 saturated carbocycles. The fourth-order valence-corrected chi connectivity index (χ4v) is 1.71. The largest absolute Gasteiger partial charge is 0.487 e. The summed E-state index contributed by atoms with van der Waals surface area (Å²) in [4.78, 5) is 8.49. The van der Waals surface area contributed by atoms with Crippen LogP contribution < -0.4 is 10.5 Å². The smallest absolute Gasteiger partial charge is 0.234 e. The molecule has 0 atom stereocenters. The Hall–Kier alpha value is -2.56. The van der Waals surface area contributed by atoms with Gasteiger partial charge in [0, 0.05) is 30.3 Å². The number of aromatic nitrogens is 3. The number of nitrogen functional groups attached to an aromatic ring is 1. The second-order valence-corrected chi connectivity index (χ2v) is 3.92. The van der Waals surface area contributed by atoms with Gasteiger partial charge in [0.15, 0.2) is 0 Å². The van der Waals surface area contributed by atoms with Crippen molar-refractivity contribution in [2.75, 3.05) is 5.73 Å². The fraction of sp³-hybridized carbons (Fsp3) is 0.0769. The summed E-state index contributed by atoms with van der Waals surface area (Å²) in [6.45, 7) is 0.396. The van der Waals surface area contributed by atoms with E-state index < -0.39 is 0 Å². The number of hydrogen-bond donors (Lipinski definition) is 1. The van der Waals surface area contributed by atoms with Crippen LogP contribution in [0.3, 0.4) is 0 Å². The molecule has 18 heavy (non-hydrogen) atoms. The Bertz CT molecular complexity index is 644. The summed E-state index contributed by atoms with van der Waals surface area (Å²) >= 11 is 0. The molecule has 0 aliphatic heterocycles. The first-order valence-electron chi connectivity index (χ1n) is 5.58. The first-order chi connectivity index (χ1) is 8.81.